The van der Waals surface area contributed by atoms with Crippen molar-refractivity contribution >= 4 is 49.8 Å². The zero-order chi connectivity index (χ0) is 38.9. The second-order valence-corrected chi connectivity index (χ2v) is 16.3. The van der Waals surface area contributed by atoms with Gasteiger partial charge in [0.15, 0.2) is 16.9 Å². The Morgan fingerprint density at radius 1 is 0.357 bits per heavy atom. The Kier molecular flexibility index (Phi) is 10.1. The lowest BCUT2D eigenvalue weighted by atomic mass is 9.74. The fourth-order valence-corrected chi connectivity index (χ4v) is 9.90. The van der Waals surface area contributed by atoms with E-state index in [2.05, 4.69) is 155 Å². The molecule has 0 amide bonds. The van der Waals surface area contributed by atoms with Crippen LogP contribution in [0.5, 0.6) is 0 Å². The third kappa shape index (κ3) is 6.11. The van der Waals surface area contributed by atoms with E-state index in [1.165, 1.54) is 0 Å². The van der Waals surface area contributed by atoms with Gasteiger partial charge < -0.3 is 9.80 Å². The molecule has 0 saturated carbocycles. The van der Waals surface area contributed by atoms with Crippen molar-refractivity contribution in [2.45, 2.75) is 10.3 Å². The van der Waals surface area contributed by atoms with Crippen LogP contribution in [0.2, 0.25) is 0 Å². The Labute approximate surface area is 332 Å². The van der Waals surface area contributed by atoms with Crippen LogP contribution in [0, 0.1) is 0 Å². The van der Waals surface area contributed by atoms with Gasteiger partial charge >= 0.3 is 0 Å². The summed E-state index contributed by atoms with van der Waals surface area (Å²) in [5, 5.41) is 1.92. The fourth-order valence-electron chi connectivity index (χ4n) is 8.31. The highest BCUT2D eigenvalue weighted by Crippen LogP contribution is 2.57. The van der Waals surface area contributed by atoms with Crippen molar-refractivity contribution in [3.05, 3.63) is 215 Å². The monoisotopic (exact) mass is 764 g/mol. The van der Waals surface area contributed by atoms with Crippen LogP contribution >= 0.6 is 16.9 Å². The van der Waals surface area contributed by atoms with Gasteiger partial charge in [-0.05, 0) is 90.3 Å². The Bertz CT molecular complexity index is 2490. The Hall–Kier alpha value is -5.92. The summed E-state index contributed by atoms with van der Waals surface area (Å²) in [6.07, 6.45) is 0. The van der Waals surface area contributed by atoms with E-state index in [1.54, 1.807) is 0 Å². The molecule has 0 heterocycles. The molecular formula is C50H42N2O2P2. The molecule has 8 rings (SSSR count). The maximum Gasteiger partial charge on any atom is 0.176 e. The summed E-state index contributed by atoms with van der Waals surface area (Å²) < 4.78 is 29.1. The van der Waals surface area contributed by atoms with Crippen molar-refractivity contribution in [3.63, 3.8) is 0 Å². The van der Waals surface area contributed by atoms with Gasteiger partial charge in [0.1, 0.15) is 10.3 Å². The zero-order valence-corrected chi connectivity index (χ0v) is 33.7. The number of nitrogens with zero attached hydrogens (tertiary/aromatic N) is 2. The van der Waals surface area contributed by atoms with Crippen LogP contribution in [0.15, 0.2) is 182 Å². The maximum atomic E-state index is 14.5. The molecule has 0 aliphatic rings. The standard InChI is InChI=1S/C50H42N2O2P2/c1-51(2)41-29-25-39(26-30-41)49(55-53,37-17-7-5-8-18-37)45-33-23-35-15-11-13-21-43(35)47(45)48-44-22-14-12-16-36(44)24-34-46(48)50(56-54,38-19-9-6-10-20-38)40-27-31-42(32-28-40)52(3)4/h5-34H,1-4H3. The summed E-state index contributed by atoms with van der Waals surface area (Å²) in [5.74, 6) is 0. The van der Waals surface area contributed by atoms with Crippen LogP contribution in [-0.2, 0) is 19.4 Å². The van der Waals surface area contributed by atoms with Crippen molar-refractivity contribution in [2.24, 2.45) is 0 Å². The summed E-state index contributed by atoms with van der Waals surface area (Å²) in [6.45, 7) is 0. The first kappa shape index (κ1) is 37.0. The Morgan fingerprint density at radius 3 is 1.02 bits per heavy atom. The van der Waals surface area contributed by atoms with Crippen LogP contribution < -0.4 is 9.80 Å². The molecule has 0 aliphatic carbocycles. The molecular weight excluding hydrogens is 723 g/mol. The highest BCUT2D eigenvalue weighted by Gasteiger charge is 2.44. The quantitative estimate of drug-likeness (QED) is 0.0971. The highest BCUT2D eigenvalue weighted by atomic mass is 31.1. The molecule has 0 bridgehead atoms. The lowest BCUT2D eigenvalue weighted by molar-refractivity contribution is 0.585. The topological polar surface area (TPSA) is 40.6 Å². The van der Waals surface area contributed by atoms with Gasteiger partial charge in [0, 0.05) is 39.6 Å². The van der Waals surface area contributed by atoms with Gasteiger partial charge in [-0.15, -0.1) is 0 Å². The molecule has 6 heteroatoms. The first-order chi connectivity index (χ1) is 27.3. The van der Waals surface area contributed by atoms with Gasteiger partial charge in [-0.2, -0.15) is 0 Å². The Morgan fingerprint density at radius 2 is 0.679 bits per heavy atom. The molecule has 0 radical (unpaired) electrons. The Balaban J connectivity index is 1.58. The second-order valence-electron chi connectivity index (χ2n) is 14.6. The first-order valence-electron chi connectivity index (χ1n) is 18.7. The number of hydrogen-bond donors (Lipinski definition) is 0. The number of fused-ring (bicyclic) bond motifs is 2. The summed E-state index contributed by atoms with van der Waals surface area (Å²) >= 11 is 0. The molecule has 8 aromatic carbocycles. The van der Waals surface area contributed by atoms with E-state index in [-0.39, 0.29) is 16.9 Å². The van der Waals surface area contributed by atoms with Gasteiger partial charge in [0.25, 0.3) is 0 Å². The van der Waals surface area contributed by atoms with E-state index in [0.29, 0.717) is 0 Å². The molecule has 274 valence electrons. The predicted octanol–water partition coefficient (Wildman–Crippen LogP) is 13.0. The van der Waals surface area contributed by atoms with Crippen LogP contribution in [0.25, 0.3) is 32.7 Å². The molecule has 0 aromatic heterocycles. The minimum atomic E-state index is -1.11. The van der Waals surface area contributed by atoms with Crippen molar-refractivity contribution in [1.29, 1.82) is 0 Å². The predicted molar refractivity (Wildman–Crippen MR) is 236 cm³/mol. The molecule has 56 heavy (non-hydrogen) atoms. The van der Waals surface area contributed by atoms with Gasteiger partial charge in [-0.1, -0.05) is 158 Å². The molecule has 2 atom stereocenters. The van der Waals surface area contributed by atoms with E-state index in [0.717, 1.165) is 77.4 Å². The van der Waals surface area contributed by atoms with Gasteiger partial charge in [-0.25, -0.2) is 0 Å². The summed E-state index contributed by atoms with van der Waals surface area (Å²) in [7, 11) is 7.92. The third-order valence-electron chi connectivity index (χ3n) is 11.1. The van der Waals surface area contributed by atoms with E-state index < -0.39 is 10.3 Å². The van der Waals surface area contributed by atoms with Crippen molar-refractivity contribution in [1.82, 2.24) is 0 Å². The van der Waals surface area contributed by atoms with E-state index >= 15 is 0 Å². The minimum Gasteiger partial charge on any atom is -0.378 e. The van der Waals surface area contributed by atoms with Gasteiger partial charge in [0.2, 0.25) is 0 Å². The van der Waals surface area contributed by atoms with Crippen molar-refractivity contribution in [3.8, 4) is 11.1 Å². The molecule has 0 aliphatic heterocycles. The van der Waals surface area contributed by atoms with Crippen molar-refractivity contribution < 1.29 is 9.13 Å². The lowest BCUT2D eigenvalue weighted by Gasteiger charge is -2.35. The SMILES string of the molecule is CN(C)c1ccc(C(P=O)(c2ccccc2)c2ccc3ccccc3c2-c2c(C(P=O)(c3ccccc3)c3ccc(N(C)C)cc3)ccc3ccccc23)cc1. The fraction of sp³-hybridized carbons (Fsp3) is 0.120. The van der Waals surface area contributed by atoms with Crippen LogP contribution in [0.4, 0.5) is 11.4 Å². The van der Waals surface area contributed by atoms with Crippen LogP contribution in [0.1, 0.15) is 33.4 Å². The zero-order valence-electron chi connectivity index (χ0n) is 31.9. The molecule has 0 N–H and O–H groups in total. The average molecular weight is 765 g/mol. The van der Waals surface area contributed by atoms with E-state index in [4.69, 9.17) is 0 Å². The number of benzene rings is 8. The molecule has 0 saturated heterocycles. The van der Waals surface area contributed by atoms with E-state index in [1.807, 2.05) is 64.6 Å². The smallest absolute Gasteiger partial charge is 0.176 e. The molecule has 0 spiro atoms. The summed E-state index contributed by atoms with van der Waals surface area (Å²) in [5.41, 5.74) is 9.40. The number of rotatable bonds is 11. The first-order valence-corrected chi connectivity index (χ1v) is 20.4. The largest absolute Gasteiger partial charge is 0.378 e. The maximum absolute atomic E-state index is 14.5. The summed E-state index contributed by atoms with van der Waals surface area (Å²) in [4.78, 5) is 4.15. The average Bonchev–Trinajstić information content (AvgIpc) is 3.25. The van der Waals surface area contributed by atoms with Crippen LogP contribution in [-0.4, -0.2) is 28.2 Å². The normalized spacial score (nSPS) is 13.7. The van der Waals surface area contributed by atoms with Crippen LogP contribution in [0.3, 0.4) is 0 Å². The van der Waals surface area contributed by atoms with E-state index in [9.17, 15) is 9.13 Å². The second kappa shape index (κ2) is 15.3. The van der Waals surface area contributed by atoms with Crippen molar-refractivity contribution in [2.75, 3.05) is 38.0 Å². The van der Waals surface area contributed by atoms with Gasteiger partial charge in [0.05, 0.1) is 0 Å². The highest BCUT2D eigenvalue weighted by molar-refractivity contribution is 7.26. The third-order valence-corrected chi connectivity index (χ3v) is 13.2. The lowest BCUT2D eigenvalue weighted by Crippen LogP contribution is -2.26. The van der Waals surface area contributed by atoms with Gasteiger partial charge in [-0.3, -0.25) is 9.13 Å². The number of hydrogen-bond acceptors (Lipinski definition) is 4. The molecule has 4 nitrogen and oxygen atoms in total. The number of anilines is 2. The molecule has 8 aromatic rings. The minimum absolute atomic E-state index is 0.0881. The summed E-state index contributed by atoms with van der Waals surface area (Å²) in [6, 6.07) is 62.6. The molecule has 0 fully saturated rings. The molecule has 2 unspecified atom stereocenters.